The van der Waals surface area contributed by atoms with Crippen LogP contribution < -0.4 is 0 Å². The highest BCUT2D eigenvalue weighted by Crippen LogP contribution is 2.29. The van der Waals surface area contributed by atoms with Crippen LogP contribution >= 0.6 is 11.3 Å². The molecule has 0 spiro atoms. The lowest BCUT2D eigenvalue weighted by Gasteiger charge is -2.19. The second kappa shape index (κ2) is 4.98. The third-order valence-electron chi connectivity index (χ3n) is 2.71. The molecule has 2 atom stereocenters. The zero-order chi connectivity index (χ0) is 12.4. The molecule has 4 nitrogen and oxygen atoms in total. The van der Waals surface area contributed by atoms with E-state index in [1.54, 1.807) is 18.3 Å². The molecule has 2 aromatic heterocycles. The first-order valence-electron chi connectivity index (χ1n) is 5.65. The average Bonchev–Trinajstić information content (AvgIpc) is 2.83. The quantitative estimate of drug-likeness (QED) is 0.909. The standard InChI is InChI=1S/C12H16N2O2S/c1-7(2)10(8(3)15)12-13-11(14-16-12)9-5-4-6-17-9/h4-8,10,15H,1-3H3. The van der Waals surface area contributed by atoms with Crippen LogP contribution in [0, 0.1) is 5.92 Å². The molecule has 1 N–H and O–H groups in total. The summed E-state index contributed by atoms with van der Waals surface area (Å²) < 4.78 is 5.26. The first kappa shape index (κ1) is 12.3. The fourth-order valence-corrected chi connectivity index (χ4v) is 2.57. The van der Waals surface area contributed by atoms with E-state index in [0.717, 1.165) is 4.88 Å². The van der Waals surface area contributed by atoms with Crippen LogP contribution in [-0.2, 0) is 0 Å². The topological polar surface area (TPSA) is 59.2 Å². The summed E-state index contributed by atoms with van der Waals surface area (Å²) in [4.78, 5) is 5.35. The van der Waals surface area contributed by atoms with Crippen molar-refractivity contribution in [2.45, 2.75) is 32.8 Å². The van der Waals surface area contributed by atoms with Crippen molar-refractivity contribution in [3.05, 3.63) is 23.4 Å². The van der Waals surface area contributed by atoms with Crippen molar-refractivity contribution in [1.82, 2.24) is 10.1 Å². The summed E-state index contributed by atoms with van der Waals surface area (Å²) in [5.41, 5.74) is 0. The number of thiophene rings is 1. The molecule has 5 heteroatoms. The highest BCUT2D eigenvalue weighted by Gasteiger charge is 2.27. The maximum atomic E-state index is 9.75. The number of aliphatic hydroxyl groups is 1. The van der Waals surface area contributed by atoms with Crippen molar-refractivity contribution in [3.63, 3.8) is 0 Å². The maximum Gasteiger partial charge on any atom is 0.232 e. The summed E-state index contributed by atoms with van der Waals surface area (Å²) in [6.45, 7) is 5.82. The Hall–Kier alpha value is -1.20. The van der Waals surface area contributed by atoms with E-state index in [-0.39, 0.29) is 11.8 Å². The molecule has 2 rings (SSSR count). The molecule has 2 heterocycles. The average molecular weight is 252 g/mol. The van der Waals surface area contributed by atoms with Crippen molar-refractivity contribution in [2.24, 2.45) is 5.92 Å². The fourth-order valence-electron chi connectivity index (χ4n) is 1.92. The van der Waals surface area contributed by atoms with E-state index < -0.39 is 6.10 Å². The SMILES string of the molecule is CC(C)C(c1nc(-c2cccs2)no1)C(C)O. The molecule has 0 saturated heterocycles. The summed E-state index contributed by atoms with van der Waals surface area (Å²) >= 11 is 1.57. The first-order chi connectivity index (χ1) is 8.09. The van der Waals surface area contributed by atoms with Crippen LogP contribution in [0.1, 0.15) is 32.6 Å². The zero-order valence-corrected chi connectivity index (χ0v) is 10.9. The van der Waals surface area contributed by atoms with Crippen molar-refractivity contribution in [1.29, 1.82) is 0 Å². The Morgan fingerprint density at radius 1 is 1.35 bits per heavy atom. The van der Waals surface area contributed by atoms with Crippen LogP contribution in [0.15, 0.2) is 22.0 Å². The van der Waals surface area contributed by atoms with Gasteiger partial charge in [0.05, 0.1) is 16.9 Å². The predicted molar refractivity (Wildman–Crippen MR) is 66.9 cm³/mol. The fraction of sp³-hybridized carbons (Fsp3) is 0.500. The van der Waals surface area contributed by atoms with Gasteiger partial charge in [0.15, 0.2) is 0 Å². The van der Waals surface area contributed by atoms with Gasteiger partial charge >= 0.3 is 0 Å². The third kappa shape index (κ3) is 2.56. The molecule has 0 fully saturated rings. The van der Waals surface area contributed by atoms with E-state index in [4.69, 9.17) is 4.52 Å². The van der Waals surface area contributed by atoms with Crippen LogP contribution in [-0.4, -0.2) is 21.4 Å². The van der Waals surface area contributed by atoms with Gasteiger partial charge < -0.3 is 9.63 Å². The van der Waals surface area contributed by atoms with Gasteiger partial charge in [0, 0.05) is 0 Å². The molecule has 0 aliphatic rings. The summed E-state index contributed by atoms with van der Waals surface area (Å²) in [6, 6.07) is 3.90. The molecular formula is C12H16N2O2S. The van der Waals surface area contributed by atoms with Gasteiger partial charge in [-0.1, -0.05) is 25.1 Å². The Labute approximate surface area is 104 Å². The zero-order valence-electron chi connectivity index (χ0n) is 10.1. The van der Waals surface area contributed by atoms with Gasteiger partial charge in [-0.15, -0.1) is 11.3 Å². The molecule has 92 valence electrons. The molecule has 0 bridgehead atoms. The summed E-state index contributed by atoms with van der Waals surface area (Å²) in [6.07, 6.45) is -0.494. The monoisotopic (exact) mass is 252 g/mol. The molecule has 0 amide bonds. The van der Waals surface area contributed by atoms with Gasteiger partial charge in [-0.25, -0.2) is 0 Å². The minimum Gasteiger partial charge on any atom is -0.393 e. The molecule has 2 aromatic rings. The van der Waals surface area contributed by atoms with Gasteiger partial charge in [0.1, 0.15) is 0 Å². The van der Waals surface area contributed by atoms with Crippen LogP contribution in [0.5, 0.6) is 0 Å². The van der Waals surface area contributed by atoms with E-state index in [9.17, 15) is 5.11 Å². The van der Waals surface area contributed by atoms with E-state index in [2.05, 4.69) is 10.1 Å². The van der Waals surface area contributed by atoms with Crippen molar-refractivity contribution in [3.8, 4) is 10.7 Å². The Kier molecular flexibility index (Phi) is 3.59. The minimum absolute atomic E-state index is 0.115. The number of rotatable bonds is 4. The Morgan fingerprint density at radius 3 is 2.65 bits per heavy atom. The lowest BCUT2D eigenvalue weighted by atomic mass is 9.91. The first-order valence-corrected chi connectivity index (χ1v) is 6.53. The summed E-state index contributed by atoms with van der Waals surface area (Å²) in [5.74, 6) is 1.25. The van der Waals surface area contributed by atoms with E-state index in [0.29, 0.717) is 11.7 Å². The van der Waals surface area contributed by atoms with E-state index in [1.165, 1.54) is 0 Å². The Bertz CT molecular complexity index is 455. The lowest BCUT2D eigenvalue weighted by Crippen LogP contribution is -2.20. The smallest absolute Gasteiger partial charge is 0.232 e. The molecule has 0 aliphatic carbocycles. The molecule has 0 radical (unpaired) electrons. The highest BCUT2D eigenvalue weighted by molar-refractivity contribution is 7.13. The normalized spacial score (nSPS) is 15.1. The van der Waals surface area contributed by atoms with Gasteiger partial charge in [-0.05, 0) is 24.3 Å². The molecule has 0 aliphatic heterocycles. The summed E-state index contributed by atoms with van der Waals surface area (Å²) in [5, 5.41) is 15.7. The van der Waals surface area contributed by atoms with Crippen LogP contribution in [0.2, 0.25) is 0 Å². The Balaban J connectivity index is 2.28. The van der Waals surface area contributed by atoms with Gasteiger partial charge in [-0.2, -0.15) is 4.98 Å². The second-order valence-corrected chi connectivity index (χ2v) is 5.39. The van der Waals surface area contributed by atoms with Gasteiger partial charge in [0.25, 0.3) is 0 Å². The van der Waals surface area contributed by atoms with Crippen LogP contribution in [0.25, 0.3) is 10.7 Å². The van der Waals surface area contributed by atoms with Crippen molar-refractivity contribution in [2.75, 3.05) is 0 Å². The van der Waals surface area contributed by atoms with Crippen LogP contribution in [0.3, 0.4) is 0 Å². The van der Waals surface area contributed by atoms with Crippen LogP contribution in [0.4, 0.5) is 0 Å². The Morgan fingerprint density at radius 2 is 2.12 bits per heavy atom. The van der Waals surface area contributed by atoms with E-state index in [1.807, 2.05) is 31.4 Å². The number of aliphatic hydroxyl groups excluding tert-OH is 1. The molecular weight excluding hydrogens is 236 g/mol. The molecule has 17 heavy (non-hydrogen) atoms. The predicted octanol–water partition coefficient (Wildman–Crippen LogP) is 2.92. The number of hydrogen-bond donors (Lipinski definition) is 1. The molecule has 0 aromatic carbocycles. The van der Waals surface area contributed by atoms with Gasteiger partial charge in [-0.3, -0.25) is 0 Å². The third-order valence-corrected chi connectivity index (χ3v) is 3.57. The second-order valence-electron chi connectivity index (χ2n) is 4.44. The van der Waals surface area contributed by atoms with E-state index >= 15 is 0 Å². The van der Waals surface area contributed by atoms with Crippen molar-refractivity contribution >= 4 is 11.3 Å². The largest absolute Gasteiger partial charge is 0.393 e. The number of hydrogen-bond acceptors (Lipinski definition) is 5. The molecule has 2 unspecified atom stereocenters. The van der Waals surface area contributed by atoms with Crippen molar-refractivity contribution < 1.29 is 9.63 Å². The number of aromatic nitrogens is 2. The highest BCUT2D eigenvalue weighted by atomic mass is 32.1. The minimum atomic E-state index is -0.494. The summed E-state index contributed by atoms with van der Waals surface area (Å²) in [7, 11) is 0. The van der Waals surface area contributed by atoms with Gasteiger partial charge in [0.2, 0.25) is 11.7 Å². The maximum absolute atomic E-state index is 9.75. The molecule has 0 saturated carbocycles. The number of nitrogens with zero attached hydrogens (tertiary/aromatic N) is 2. The lowest BCUT2D eigenvalue weighted by molar-refractivity contribution is 0.120.